The first-order valence-electron chi connectivity index (χ1n) is 10.2. The standard InChI is InChI=1S/C22H30N4O3/c1-18-9-10-20(26(27)28)19(17-18)23-11-5-6-12-24-13-15-25(16-14-24)21-7-3-4-8-22(21)29-2/h3-4,7-10,17,23H,5-6,11-16H2,1-2H3. The van der Waals surface area contributed by atoms with Gasteiger partial charge in [0.25, 0.3) is 5.69 Å². The van der Waals surface area contributed by atoms with Crippen LogP contribution in [0.2, 0.25) is 0 Å². The van der Waals surface area contributed by atoms with E-state index in [-0.39, 0.29) is 10.6 Å². The molecule has 0 bridgehead atoms. The minimum atomic E-state index is -0.330. The number of nitrogens with one attached hydrogen (secondary N) is 1. The lowest BCUT2D eigenvalue weighted by atomic mass is 10.2. The number of para-hydroxylation sites is 2. The van der Waals surface area contributed by atoms with Crippen LogP contribution in [0.5, 0.6) is 5.75 Å². The first kappa shape index (κ1) is 20.9. The summed E-state index contributed by atoms with van der Waals surface area (Å²) < 4.78 is 5.48. The largest absolute Gasteiger partial charge is 0.495 e. The second-order valence-electron chi connectivity index (χ2n) is 7.41. The molecule has 156 valence electrons. The summed E-state index contributed by atoms with van der Waals surface area (Å²) in [5.41, 5.74) is 2.94. The van der Waals surface area contributed by atoms with Gasteiger partial charge in [-0.3, -0.25) is 15.0 Å². The predicted molar refractivity (Wildman–Crippen MR) is 117 cm³/mol. The summed E-state index contributed by atoms with van der Waals surface area (Å²) in [4.78, 5) is 15.7. The van der Waals surface area contributed by atoms with Crippen LogP contribution in [0.15, 0.2) is 42.5 Å². The molecule has 1 saturated heterocycles. The van der Waals surface area contributed by atoms with Gasteiger partial charge in [0, 0.05) is 38.8 Å². The monoisotopic (exact) mass is 398 g/mol. The van der Waals surface area contributed by atoms with E-state index in [4.69, 9.17) is 4.74 Å². The Morgan fingerprint density at radius 3 is 2.59 bits per heavy atom. The van der Waals surface area contributed by atoms with Crippen molar-refractivity contribution in [3.05, 3.63) is 58.1 Å². The van der Waals surface area contributed by atoms with E-state index in [1.807, 2.05) is 25.1 Å². The second-order valence-corrected chi connectivity index (χ2v) is 7.41. The molecule has 1 aliphatic rings. The number of unbranched alkanes of at least 4 members (excludes halogenated alkanes) is 1. The molecular formula is C22H30N4O3. The molecule has 0 atom stereocenters. The molecule has 0 amide bonds. The average Bonchev–Trinajstić information content (AvgIpc) is 2.74. The summed E-state index contributed by atoms with van der Waals surface area (Å²) in [5, 5.41) is 14.4. The highest BCUT2D eigenvalue weighted by molar-refractivity contribution is 5.62. The highest BCUT2D eigenvalue weighted by Gasteiger charge is 2.19. The van der Waals surface area contributed by atoms with Gasteiger partial charge in [-0.2, -0.15) is 0 Å². The number of ether oxygens (including phenoxy) is 1. The SMILES string of the molecule is COc1ccccc1N1CCN(CCCCNc2cc(C)ccc2[N+](=O)[O-])CC1. The lowest BCUT2D eigenvalue weighted by Crippen LogP contribution is -2.46. The topological polar surface area (TPSA) is 70.9 Å². The number of nitrogens with zero attached hydrogens (tertiary/aromatic N) is 3. The second kappa shape index (κ2) is 10.1. The molecule has 0 aliphatic carbocycles. The summed E-state index contributed by atoms with van der Waals surface area (Å²) >= 11 is 0. The van der Waals surface area contributed by atoms with E-state index >= 15 is 0 Å². The van der Waals surface area contributed by atoms with Gasteiger partial charge < -0.3 is 15.0 Å². The van der Waals surface area contributed by atoms with Crippen molar-refractivity contribution in [1.82, 2.24) is 4.90 Å². The quantitative estimate of drug-likeness (QED) is 0.392. The molecule has 0 spiro atoms. The molecule has 2 aromatic rings. The number of piperazine rings is 1. The molecular weight excluding hydrogens is 368 g/mol. The van der Waals surface area contributed by atoms with Gasteiger partial charge in [-0.25, -0.2) is 0 Å². The van der Waals surface area contributed by atoms with Crippen molar-refractivity contribution in [2.24, 2.45) is 0 Å². The molecule has 7 heteroatoms. The Morgan fingerprint density at radius 1 is 1.10 bits per heavy atom. The van der Waals surface area contributed by atoms with Crippen molar-refractivity contribution in [3.63, 3.8) is 0 Å². The maximum atomic E-state index is 11.1. The Balaban J connectivity index is 1.39. The fourth-order valence-corrected chi connectivity index (χ4v) is 3.74. The molecule has 1 aliphatic heterocycles. The molecule has 2 aromatic carbocycles. The van der Waals surface area contributed by atoms with Crippen LogP contribution in [0, 0.1) is 17.0 Å². The van der Waals surface area contributed by atoms with Crippen LogP contribution >= 0.6 is 0 Å². The van der Waals surface area contributed by atoms with Crippen molar-refractivity contribution in [1.29, 1.82) is 0 Å². The van der Waals surface area contributed by atoms with E-state index in [1.54, 1.807) is 19.2 Å². The summed E-state index contributed by atoms with van der Waals surface area (Å²) in [6.45, 7) is 7.80. The zero-order chi connectivity index (χ0) is 20.6. The third-order valence-electron chi connectivity index (χ3n) is 5.36. The van der Waals surface area contributed by atoms with Crippen LogP contribution in [0.1, 0.15) is 18.4 Å². The van der Waals surface area contributed by atoms with Gasteiger partial charge in [0.05, 0.1) is 17.7 Å². The number of methoxy groups -OCH3 is 1. The number of hydrogen-bond donors (Lipinski definition) is 1. The third-order valence-corrected chi connectivity index (χ3v) is 5.36. The van der Waals surface area contributed by atoms with Crippen LogP contribution in [0.3, 0.4) is 0 Å². The molecule has 3 rings (SSSR count). The lowest BCUT2D eigenvalue weighted by Gasteiger charge is -2.36. The van der Waals surface area contributed by atoms with Gasteiger partial charge >= 0.3 is 0 Å². The highest BCUT2D eigenvalue weighted by atomic mass is 16.6. The molecule has 0 saturated carbocycles. The Morgan fingerprint density at radius 2 is 1.86 bits per heavy atom. The summed E-state index contributed by atoms with van der Waals surface area (Å²) in [7, 11) is 1.72. The van der Waals surface area contributed by atoms with E-state index in [0.717, 1.165) is 63.4 Å². The van der Waals surface area contributed by atoms with Gasteiger partial charge in [-0.05, 0) is 50.1 Å². The molecule has 0 unspecified atom stereocenters. The van der Waals surface area contributed by atoms with E-state index in [9.17, 15) is 10.1 Å². The number of hydrogen-bond acceptors (Lipinski definition) is 6. The Labute approximate surface area is 172 Å². The Bertz CT molecular complexity index is 819. The van der Waals surface area contributed by atoms with Gasteiger partial charge in [-0.15, -0.1) is 0 Å². The Hall–Kier alpha value is -2.80. The van der Waals surface area contributed by atoms with Crippen molar-refractivity contribution >= 4 is 17.1 Å². The van der Waals surface area contributed by atoms with Crippen molar-refractivity contribution in [2.45, 2.75) is 19.8 Å². The van der Waals surface area contributed by atoms with Crippen molar-refractivity contribution in [2.75, 3.05) is 56.6 Å². The zero-order valence-corrected chi connectivity index (χ0v) is 17.3. The molecule has 1 fully saturated rings. The molecule has 7 nitrogen and oxygen atoms in total. The summed E-state index contributed by atoms with van der Waals surface area (Å²) in [6, 6.07) is 13.4. The fraction of sp³-hybridized carbons (Fsp3) is 0.455. The Kier molecular flexibility index (Phi) is 7.30. The summed E-state index contributed by atoms with van der Waals surface area (Å²) in [6.07, 6.45) is 2.05. The number of anilines is 2. The third kappa shape index (κ3) is 5.60. The van der Waals surface area contributed by atoms with Crippen LogP contribution < -0.4 is 15.0 Å². The van der Waals surface area contributed by atoms with Gasteiger partial charge in [0.2, 0.25) is 0 Å². The van der Waals surface area contributed by atoms with Gasteiger partial charge in [0.1, 0.15) is 11.4 Å². The van der Waals surface area contributed by atoms with E-state index in [1.165, 1.54) is 5.69 Å². The maximum absolute atomic E-state index is 11.1. The smallest absolute Gasteiger partial charge is 0.292 e. The predicted octanol–water partition coefficient (Wildman–Crippen LogP) is 3.93. The van der Waals surface area contributed by atoms with Crippen LogP contribution in [0.4, 0.5) is 17.1 Å². The van der Waals surface area contributed by atoms with Crippen molar-refractivity contribution < 1.29 is 9.66 Å². The fourth-order valence-electron chi connectivity index (χ4n) is 3.74. The highest BCUT2D eigenvalue weighted by Crippen LogP contribution is 2.28. The number of rotatable bonds is 9. The lowest BCUT2D eigenvalue weighted by molar-refractivity contribution is -0.384. The van der Waals surface area contributed by atoms with E-state index < -0.39 is 0 Å². The van der Waals surface area contributed by atoms with Crippen LogP contribution in [-0.2, 0) is 0 Å². The number of benzene rings is 2. The first-order chi connectivity index (χ1) is 14.1. The van der Waals surface area contributed by atoms with E-state index in [0.29, 0.717) is 5.69 Å². The number of aryl methyl sites for hydroxylation is 1. The summed E-state index contributed by atoms with van der Waals surface area (Å²) in [5.74, 6) is 0.928. The number of nitro groups is 1. The maximum Gasteiger partial charge on any atom is 0.292 e. The molecule has 0 aromatic heterocycles. The molecule has 0 radical (unpaired) electrons. The van der Waals surface area contributed by atoms with Crippen LogP contribution in [0.25, 0.3) is 0 Å². The van der Waals surface area contributed by atoms with Crippen LogP contribution in [-0.4, -0.2) is 56.2 Å². The van der Waals surface area contributed by atoms with Gasteiger partial charge in [0.15, 0.2) is 0 Å². The van der Waals surface area contributed by atoms with E-state index in [2.05, 4.69) is 27.2 Å². The molecule has 1 heterocycles. The minimum absolute atomic E-state index is 0.142. The molecule has 29 heavy (non-hydrogen) atoms. The zero-order valence-electron chi connectivity index (χ0n) is 17.3. The minimum Gasteiger partial charge on any atom is -0.495 e. The number of nitro benzene ring substituents is 1. The molecule has 1 N–H and O–H groups in total. The van der Waals surface area contributed by atoms with Gasteiger partial charge in [-0.1, -0.05) is 18.2 Å². The first-order valence-corrected chi connectivity index (χ1v) is 10.2. The normalized spacial score (nSPS) is 14.6. The average molecular weight is 399 g/mol. The van der Waals surface area contributed by atoms with Crippen molar-refractivity contribution in [3.8, 4) is 5.75 Å².